The number of hydrogen-bond donors (Lipinski definition) is 2. The standard InChI is InChI=1S/C17H22N2O2S/c1-12-8-9-22-15(12)11-18-13-6-5-7-14(10-13)19-16(20)21-17(2,3)4/h5-10,18H,11H2,1-4H3,(H,19,20). The Morgan fingerprint density at radius 1 is 1.23 bits per heavy atom. The maximum atomic E-state index is 11.8. The minimum absolute atomic E-state index is 0.446. The van der Waals surface area contributed by atoms with E-state index in [0.717, 1.165) is 12.2 Å². The van der Waals surface area contributed by atoms with Crippen LogP contribution < -0.4 is 10.6 Å². The lowest BCUT2D eigenvalue weighted by Crippen LogP contribution is -2.27. The molecular weight excluding hydrogens is 296 g/mol. The van der Waals surface area contributed by atoms with Gasteiger partial charge in [0.2, 0.25) is 0 Å². The van der Waals surface area contributed by atoms with Gasteiger partial charge in [0.1, 0.15) is 5.60 Å². The van der Waals surface area contributed by atoms with E-state index in [-0.39, 0.29) is 0 Å². The molecule has 0 radical (unpaired) electrons. The summed E-state index contributed by atoms with van der Waals surface area (Å²) in [6, 6.07) is 9.72. The van der Waals surface area contributed by atoms with Crippen molar-refractivity contribution in [2.75, 3.05) is 10.6 Å². The quantitative estimate of drug-likeness (QED) is 0.832. The minimum atomic E-state index is -0.503. The van der Waals surface area contributed by atoms with Gasteiger partial charge in [0.15, 0.2) is 0 Å². The van der Waals surface area contributed by atoms with Crippen LogP contribution in [0.4, 0.5) is 16.2 Å². The fraction of sp³-hybridized carbons (Fsp3) is 0.353. The van der Waals surface area contributed by atoms with Crippen molar-refractivity contribution in [1.29, 1.82) is 0 Å². The van der Waals surface area contributed by atoms with Gasteiger partial charge >= 0.3 is 6.09 Å². The summed E-state index contributed by atoms with van der Waals surface area (Å²) >= 11 is 1.74. The van der Waals surface area contributed by atoms with E-state index in [1.54, 1.807) is 11.3 Å². The lowest BCUT2D eigenvalue weighted by molar-refractivity contribution is 0.0636. The molecule has 0 saturated carbocycles. The van der Waals surface area contributed by atoms with Gasteiger partial charge in [-0.15, -0.1) is 11.3 Å². The molecule has 2 aromatic rings. The van der Waals surface area contributed by atoms with Gasteiger partial charge in [-0.25, -0.2) is 4.79 Å². The number of amides is 1. The zero-order chi connectivity index (χ0) is 16.2. The monoisotopic (exact) mass is 318 g/mol. The lowest BCUT2D eigenvalue weighted by atomic mass is 10.2. The fourth-order valence-corrected chi connectivity index (χ4v) is 2.74. The molecule has 5 heteroatoms. The van der Waals surface area contributed by atoms with E-state index in [1.165, 1.54) is 10.4 Å². The summed E-state index contributed by atoms with van der Waals surface area (Å²) in [5.41, 5.74) is 2.46. The third-order valence-electron chi connectivity index (χ3n) is 2.93. The Labute approximate surface area is 135 Å². The van der Waals surface area contributed by atoms with Crippen LogP contribution in [-0.2, 0) is 11.3 Å². The van der Waals surface area contributed by atoms with Gasteiger partial charge in [-0.1, -0.05) is 6.07 Å². The van der Waals surface area contributed by atoms with Gasteiger partial charge in [0.05, 0.1) is 0 Å². The molecule has 0 bridgehead atoms. The third-order valence-corrected chi connectivity index (χ3v) is 3.95. The first-order valence-corrected chi connectivity index (χ1v) is 8.08. The summed E-state index contributed by atoms with van der Waals surface area (Å²) < 4.78 is 5.25. The molecule has 0 spiro atoms. The number of rotatable bonds is 4. The molecule has 0 unspecified atom stereocenters. The second-order valence-electron chi connectivity index (χ2n) is 6.09. The van der Waals surface area contributed by atoms with Crippen LogP contribution in [-0.4, -0.2) is 11.7 Å². The van der Waals surface area contributed by atoms with E-state index >= 15 is 0 Å². The molecule has 0 aliphatic heterocycles. The van der Waals surface area contributed by atoms with E-state index in [4.69, 9.17) is 4.74 Å². The van der Waals surface area contributed by atoms with E-state index in [0.29, 0.717) is 5.69 Å². The van der Waals surface area contributed by atoms with Crippen LogP contribution in [0.5, 0.6) is 0 Å². The van der Waals surface area contributed by atoms with Crippen LogP contribution >= 0.6 is 11.3 Å². The minimum Gasteiger partial charge on any atom is -0.444 e. The molecule has 2 rings (SSSR count). The van der Waals surface area contributed by atoms with Gasteiger partial charge in [-0.3, -0.25) is 5.32 Å². The van der Waals surface area contributed by atoms with Crippen LogP contribution in [0.2, 0.25) is 0 Å². The second kappa shape index (κ2) is 6.83. The summed E-state index contributed by atoms with van der Waals surface area (Å²) in [6.07, 6.45) is -0.446. The Kier molecular flexibility index (Phi) is 5.08. The molecule has 1 aromatic carbocycles. The Morgan fingerprint density at radius 2 is 1.95 bits per heavy atom. The van der Waals surface area contributed by atoms with Gasteiger partial charge in [-0.2, -0.15) is 0 Å². The predicted molar refractivity (Wildman–Crippen MR) is 92.7 cm³/mol. The van der Waals surface area contributed by atoms with Crippen molar-refractivity contribution in [1.82, 2.24) is 0 Å². The highest BCUT2D eigenvalue weighted by Gasteiger charge is 2.16. The third kappa shape index (κ3) is 5.07. The summed E-state index contributed by atoms with van der Waals surface area (Å²) in [4.78, 5) is 13.1. The zero-order valence-electron chi connectivity index (χ0n) is 13.4. The number of thiophene rings is 1. The average molecular weight is 318 g/mol. The summed E-state index contributed by atoms with van der Waals surface area (Å²) in [7, 11) is 0. The molecule has 0 aliphatic rings. The van der Waals surface area contributed by atoms with Gasteiger partial charge < -0.3 is 10.1 Å². The predicted octanol–water partition coefficient (Wildman–Crippen LogP) is 5.02. The topological polar surface area (TPSA) is 50.4 Å². The number of anilines is 2. The van der Waals surface area contributed by atoms with Crippen molar-refractivity contribution in [3.63, 3.8) is 0 Å². The molecule has 4 nitrogen and oxygen atoms in total. The van der Waals surface area contributed by atoms with Gasteiger partial charge in [0, 0.05) is 22.8 Å². The van der Waals surface area contributed by atoms with Gasteiger partial charge in [0.25, 0.3) is 0 Å². The molecule has 1 aromatic heterocycles. The first kappa shape index (κ1) is 16.4. The largest absolute Gasteiger partial charge is 0.444 e. The summed E-state index contributed by atoms with van der Waals surface area (Å²) in [5, 5.41) is 8.20. The molecule has 0 saturated heterocycles. The highest BCUT2D eigenvalue weighted by molar-refractivity contribution is 7.10. The molecule has 22 heavy (non-hydrogen) atoms. The molecule has 118 valence electrons. The van der Waals surface area contributed by atoms with Crippen LogP contribution in [0.25, 0.3) is 0 Å². The fourth-order valence-electron chi connectivity index (χ4n) is 1.90. The number of ether oxygens (including phenoxy) is 1. The summed E-state index contributed by atoms with van der Waals surface area (Å²) in [5.74, 6) is 0. The maximum absolute atomic E-state index is 11.8. The molecule has 2 N–H and O–H groups in total. The molecule has 0 atom stereocenters. The van der Waals surface area contributed by atoms with E-state index < -0.39 is 11.7 Å². The van der Waals surface area contributed by atoms with E-state index in [1.807, 2.05) is 45.0 Å². The number of carbonyl (C=O) groups is 1. The smallest absolute Gasteiger partial charge is 0.412 e. The highest BCUT2D eigenvalue weighted by Crippen LogP contribution is 2.20. The van der Waals surface area contributed by atoms with Crippen LogP contribution in [0.3, 0.4) is 0 Å². The molecule has 1 amide bonds. The normalized spacial score (nSPS) is 11.1. The lowest BCUT2D eigenvalue weighted by Gasteiger charge is -2.19. The van der Waals surface area contributed by atoms with E-state index in [9.17, 15) is 4.79 Å². The van der Waals surface area contributed by atoms with Gasteiger partial charge in [-0.05, 0) is 62.9 Å². The maximum Gasteiger partial charge on any atom is 0.412 e. The SMILES string of the molecule is Cc1ccsc1CNc1cccc(NC(=O)OC(C)(C)C)c1. The van der Waals surface area contributed by atoms with Crippen molar-refractivity contribution >= 4 is 28.8 Å². The first-order valence-electron chi connectivity index (χ1n) is 7.20. The van der Waals surface area contributed by atoms with Crippen molar-refractivity contribution < 1.29 is 9.53 Å². The highest BCUT2D eigenvalue weighted by atomic mass is 32.1. The Bertz CT molecular complexity index is 644. The molecular formula is C17H22N2O2S. The molecule has 1 heterocycles. The second-order valence-corrected chi connectivity index (χ2v) is 7.09. The number of carbonyl (C=O) groups excluding carboxylic acids is 1. The number of hydrogen-bond acceptors (Lipinski definition) is 4. The van der Waals surface area contributed by atoms with Crippen LogP contribution in [0.15, 0.2) is 35.7 Å². The van der Waals surface area contributed by atoms with E-state index in [2.05, 4.69) is 29.0 Å². The van der Waals surface area contributed by atoms with Crippen molar-refractivity contribution in [2.24, 2.45) is 0 Å². The number of benzene rings is 1. The van der Waals surface area contributed by atoms with Crippen molar-refractivity contribution in [2.45, 2.75) is 39.8 Å². The van der Waals surface area contributed by atoms with Crippen molar-refractivity contribution in [3.8, 4) is 0 Å². The Morgan fingerprint density at radius 3 is 2.59 bits per heavy atom. The Hall–Kier alpha value is -2.01. The van der Waals surface area contributed by atoms with Crippen molar-refractivity contribution in [3.05, 3.63) is 46.2 Å². The average Bonchev–Trinajstić information content (AvgIpc) is 2.80. The number of aryl methyl sites for hydroxylation is 1. The van der Waals surface area contributed by atoms with Crippen LogP contribution in [0, 0.1) is 6.92 Å². The molecule has 0 fully saturated rings. The first-order chi connectivity index (χ1) is 10.3. The molecule has 0 aliphatic carbocycles. The number of nitrogens with one attached hydrogen (secondary N) is 2. The van der Waals surface area contributed by atoms with Crippen LogP contribution in [0.1, 0.15) is 31.2 Å². The zero-order valence-corrected chi connectivity index (χ0v) is 14.2. The summed E-state index contributed by atoms with van der Waals surface area (Å²) in [6.45, 7) is 8.41. The Balaban J connectivity index is 1.95.